The lowest BCUT2D eigenvalue weighted by molar-refractivity contribution is -0.139. The molecule has 1 fully saturated rings. The fourth-order valence-electron chi connectivity index (χ4n) is 2.30. The van der Waals surface area contributed by atoms with Crippen molar-refractivity contribution in [3.05, 3.63) is 29.6 Å². The number of thiophene rings is 1. The number of carboxylic acid groups (broad SMARTS) is 1. The molecule has 3 rings (SSSR count). The molecule has 1 aromatic heterocycles. The first-order chi connectivity index (χ1) is 9.97. The summed E-state index contributed by atoms with van der Waals surface area (Å²) < 4.78 is 28.1. The summed E-state index contributed by atoms with van der Waals surface area (Å²) in [5.41, 5.74) is 0. The van der Waals surface area contributed by atoms with Crippen LogP contribution in [0.2, 0.25) is 0 Å². The number of rotatable bonds is 6. The minimum absolute atomic E-state index is 0.158. The Kier molecular flexibility index (Phi) is 3.73. The number of nitrogens with one attached hydrogen (secondary N) is 1. The molecule has 1 saturated carbocycles. The zero-order valence-corrected chi connectivity index (χ0v) is 12.8. The van der Waals surface area contributed by atoms with Crippen molar-refractivity contribution < 1.29 is 18.3 Å². The molecule has 0 spiro atoms. The summed E-state index contributed by atoms with van der Waals surface area (Å²) in [5.74, 6) is -0.793. The Bertz CT molecular complexity index is 777. The van der Waals surface area contributed by atoms with Crippen LogP contribution in [-0.2, 0) is 14.8 Å². The number of hydrogen-bond donors (Lipinski definition) is 2. The van der Waals surface area contributed by atoms with Crippen molar-refractivity contribution in [2.45, 2.75) is 30.2 Å². The molecule has 0 bridgehead atoms. The molecule has 1 heterocycles. The topological polar surface area (TPSA) is 83.5 Å². The molecule has 0 amide bonds. The summed E-state index contributed by atoms with van der Waals surface area (Å²) >= 11 is 1.34. The lowest BCUT2D eigenvalue weighted by Crippen LogP contribution is -2.40. The highest BCUT2D eigenvalue weighted by Crippen LogP contribution is 2.34. The third kappa shape index (κ3) is 3.09. The summed E-state index contributed by atoms with van der Waals surface area (Å²) in [5, 5.41) is 11.4. The molecule has 1 aliphatic rings. The van der Waals surface area contributed by atoms with Crippen molar-refractivity contribution in [2.75, 3.05) is 0 Å². The Labute approximate surface area is 126 Å². The zero-order chi connectivity index (χ0) is 15.0. The van der Waals surface area contributed by atoms with E-state index in [1.807, 2.05) is 12.1 Å². The van der Waals surface area contributed by atoms with Crippen LogP contribution in [0.1, 0.15) is 19.3 Å². The Hall–Kier alpha value is -1.44. The SMILES string of the molecule is O=C(O)[C@H](CC1CC1)NS(=O)(=O)c1csc2ccccc12. The summed E-state index contributed by atoms with van der Waals surface area (Å²) in [6.07, 6.45) is 2.32. The maximum Gasteiger partial charge on any atom is 0.321 e. The highest BCUT2D eigenvalue weighted by Gasteiger charge is 2.33. The molecule has 7 heteroatoms. The van der Waals surface area contributed by atoms with Crippen molar-refractivity contribution >= 4 is 37.4 Å². The zero-order valence-electron chi connectivity index (χ0n) is 11.2. The first-order valence-electron chi connectivity index (χ1n) is 6.69. The first kappa shape index (κ1) is 14.5. The summed E-state index contributed by atoms with van der Waals surface area (Å²) in [6.45, 7) is 0. The second-order valence-corrected chi connectivity index (χ2v) is 7.88. The van der Waals surface area contributed by atoms with E-state index in [1.165, 1.54) is 11.3 Å². The maximum atomic E-state index is 12.5. The third-order valence-electron chi connectivity index (χ3n) is 3.60. The smallest absolute Gasteiger partial charge is 0.321 e. The Morgan fingerprint density at radius 1 is 1.38 bits per heavy atom. The van der Waals surface area contributed by atoms with Gasteiger partial charge in [-0.25, -0.2) is 8.42 Å². The average Bonchev–Trinajstić information content (AvgIpc) is 3.13. The monoisotopic (exact) mass is 325 g/mol. The van der Waals surface area contributed by atoms with Crippen molar-refractivity contribution in [1.82, 2.24) is 4.72 Å². The van der Waals surface area contributed by atoms with Crippen LogP contribution in [0.4, 0.5) is 0 Å². The molecule has 0 radical (unpaired) electrons. The van der Waals surface area contributed by atoms with Crippen LogP contribution in [0, 0.1) is 5.92 Å². The number of fused-ring (bicyclic) bond motifs is 1. The molecule has 1 atom stereocenters. The standard InChI is InChI=1S/C14H15NO4S2/c16-14(17)11(7-9-5-6-9)15-21(18,19)13-8-20-12-4-2-1-3-10(12)13/h1-4,8-9,11,15H,5-7H2,(H,16,17)/t11-/m0/s1. The van der Waals surface area contributed by atoms with E-state index in [1.54, 1.807) is 17.5 Å². The van der Waals surface area contributed by atoms with Gasteiger partial charge in [-0.2, -0.15) is 4.72 Å². The van der Waals surface area contributed by atoms with Crippen LogP contribution < -0.4 is 4.72 Å². The van der Waals surface area contributed by atoms with E-state index in [0.29, 0.717) is 17.7 Å². The van der Waals surface area contributed by atoms with E-state index in [0.717, 1.165) is 17.5 Å². The minimum atomic E-state index is -3.83. The van der Waals surface area contributed by atoms with Gasteiger partial charge in [0, 0.05) is 15.5 Å². The van der Waals surface area contributed by atoms with Crippen LogP contribution >= 0.6 is 11.3 Å². The third-order valence-corrected chi connectivity index (χ3v) is 6.22. The summed E-state index contributed by atoms with van der Waals surface area (Å²) in [6, 6.07) is 6.14. The van der Waals surface area contributed by atoms with Crippen molar-refractivity contribution in [3.8, 4) is 0 Å². The van der Waals surface area contributed by atoms with Gasteiger partial charge in [-0.05, 0) is 18.4 Å². The molecular weight excluding hydrogens is 310 g/mol. The van der Waals surface area contributed by atoms with Gasteiger partial charge in [0.1, 0.15) is 10.9 Å². The second-order valence-electron chi connectivity index (χ2n) is 5.29. The molecule has 1 aromatic carbocycles. The molecule has 0 saturated heterocycles. The highest BCUT2D eigenvalue weighted by atomic mass is 32.2. The van der Waals surface area contributed by atoms with Gasteiger partial charge in [0.05, 0.1) is 0 Å². The molecule has 2 aromatic rings. The molecule has 1 aliphatic carbocycles. The van der Waals surface area contributed by atoms with Gasteiger partial charge >= 0.3 is 5.97 Å². The van der Waals surface area contributed by atoms with Gasteiger partial charge in [-0.1, -0.05) is 31.0 Å². The maximum absolute atomic E-state index is 12.5. The van der Waals surface area contributed by atoms with Gasteiger partial charge in [-0.15, -0.1) is 11.3 Å². The predicted octanol–water partition coefficient (Wildman–Crippen LogP) is 2.43. The van der Waals surface area contributed by atoms with Gasteiger partial charge in [0.15, 0.2) is 0 Å². The van der Waals surface area contributed by atoms with Crippen LogP contribution in [0.5, 0.6) is 0 Å². The van der Waals surface area contributed by atoms with Crippen LogP contribution in [-0.4, -0.2) is 25.5 Å². The molecule has 112 valence electrons. The number of hydrogen-bond acceptors (Lipinski definition) is 4. The van der Waals surface area contributed by atoms with E-state index >= 15 is 0 Å². The lowest BCUT2D eigenvalue weighted by atomic mass is 10.1. The highest BCUT2D eigenvalue weighted by molar-refractivity contribution is 7.90. The molecular formula is C14H15NO4S2. The second kappa shape index (κ2) is 5.40. The number of benzene rings is 1. The minimum Gasteiger partial charge on any atom is -0.480 e. The van der Waals surface area contributed by atoms with E-state index in [9.17, 15) is 18.3 Å². The molecule has 0 aliphatic heterocycles. The Morgan fingerprint density at radius 2 is 2.10 bits per heavy atom. The fraction of sp³-hybridized carbons (Fsp3) is 0.357. The largest absolute Gasteiger partial charge is 0.480 e. The van der Waals surface area contributed by atoms with Crippen molar-refractivity contribution in [1.29, 1.82) is 0 Å². The van der Waals surface area contributed by atoms with Gasteiger partial charge in [0.25, 0.3) is 0 Å². The summed E-state index contributed by atoms with van der Waals surface area (Å²) in [4.78, 5) is 11.4. The van der Waals surface area contributed by atoms with Crippen LogP contribution in [0.25, 0.3) is 10.1 Å². The summed E-state index contributed by atoms with van der Waals surface area (Å²) in [7, 11) is -3.83. The average molecular weight is 325 g/mol. The fourth-order valence-corrected chi connectivity index (χ4v) is 5.00. The number of aliphatic carboxylic acids is 1. The van der Waals surface area contributed by atoms with Crippen LogP contribution in [0.15, 0.2) is 34.5 Å². The lowest BCUT2D eigenvalue weighted by Gasteiger charge is -2.14. The van der Waals surface area contributed by atoms with Crippen LogP contribution in [0.3, 0.4) is 0 Å². The molecule has 5 nitrogen and oxygen atoms in total. The van der Waals surface area contributed by atoms with E-state index in [2.05, 4.69) is 4.72 Å². The van der Waals surface area contributed by atoms with E-state index < -0.39 is 22.0 Å². The van der Waals surface area contributed by atoms with Gasteiger partial charge in [0.2, 0.25) is 10.0 Å². The van der Waals surface area contributed by atoms with E-state index in [4.69, 9.17) is 0 Å². The molecule has 2 N–H and O–H groups in total. The van der Waals surface area contributed by atoms with Gasteiger partial charge < -0.3 is 5.11 Å². The van der Waals surface area contributed by atoms with E-state index in [-0.39, 0.29) is 4.90 Å². The van der Waals surface area contributed by atoms with Gasteiger partial charge in [-0.3, -0.25) is 4.79 Å². The first-order valence-corrected chi connectivity index (χ1v) is 9.05. The normalized spacial score (nSPS) is 17.0. The number of carbonyl (C=O) groups is 1. The number of sulfonamides is 1. The molecule has 21 heavy (non-hydrogen) atoms. The predicted molar refractivity (Wildman–Crippen MR) is 80.9 cm³/mol. The Balaban J connectivity index is 1.90. The van der Waals surface area contributed by atoms with Crippen molar-refractivity contribution in [3.63, 3.8) is 0 Å². The quantitative estimate of drug-likeness (QED) is 0.854. The molecule has 0 unspecified atom stereocenters. The number of carboxylic acids is 1. The van der Waals surface area contributed by atoms with Crippen molar-refractivity contribution in [2.24, 2.45) is 5.92 Å². The Morgan fingerprint density at radius 3 is 2.76 bits per heavy atom.